The molecule has 134 valence electrons. The van der Waals surface area contributed by atoms with E-state index in [0.29, 0.717) is 0 Å². The summed E-state index contributed by atoms with van der Waals surface area (Å²) in [6.45, 7) is 0. The number of benzene rings is 1. The number of halogens is 4. The van der Waals surface area contributed by atoms with Crippen molar-refractivity contribution in [2.75, 3.05) is 17.8 Å². The van der Waals surface area contributed by atoms with Crippen LogP contribution in [-0.2, 0) is 0 Å². The van der Waals surface area contributed by atoms with E-state index in [1.807, 2.05) is 5.48 Å². The van der Waals surface area contributed by atoms with Gasteiger partial charge >= 0.3 is 6.18 Å². The lowest BCUT2D eigenvalue weighted by Gasteiger charge is -2.30. The van der Waals surface area contributed by atoms with Crippen molar-refractivity contribution >= 4 is 17.3 Å². The van der Waals surface area contributed by atoms with Crippen LogP contribution in [0.3, 0.4) is 0 Å². The molecular weight excluding hydrogens is 330 g/mol. The van der Waals surface area contributed by atoms with E-state index in [9.17, 15) is 22.4 Å². The van der Waals surface area contributed by atoms with E-state index in [1.54, 1.807) is 0 Å². The molecule has 2 rings (SSSR count). The van der Waals surface area contributed by atoms with Crippen LogP contribution < -0.4 is 16.1 Å². The van der Waals surface area contributed by atoms with Crippen LogP contribution in [0.2, 0.25) is 0 Å². The molecule has 9 heteroatoms. The highest BCUT2D eigenvalue weighted by atomic mass is 19.4. The molecule has 0 saturated heterocycles. The van der Waals surface area contributed by atoms with Gasteiger partial charge in [-0.3, -0.25) is 15.5 Å². The minimum absolute atomic E-state index is 0.0565. The molecule has 0 spiro atoms. The van der Waals surface area contributed by atoms with Crippen LogP contribution in [0.25, 0.3) is 0 Å². The van der Waals surface area contributed by atoms with Gasteiger partial charge < -0.3 is 10.6 Å². The Labute approximate surface area is 136 Å². The number of rotatable bonds is 4. The monoisotopic (exact) mass is 349 g/mol. The summed E-state index contributed by atoms with van der Waals surface area (Å²) in [6, 6.07) is 1.76. The molecule has 1 amide bonds. The molecule has 0 aliphatic heterocycles. The molecule has 4 N–H and O–H groups in total. The molecule has 1 aliphatic carbocycles. The smallest absolute Gasteiger partial charge is 0.386 e. The number of carbonyl (C=O) groups is 1. The van der Waals surface area contributed by atoms with Crippen molar-refractivity contribution in [2.45, 2.75) is 37.9 Å². The van der Waals surface area contributed by atoms with E-state index in [0.717, 1.165) is 12.1 Å². The molecule has 1 fully saturated rings. The molecule has 0 atom stereocenters. The summed E-state index contributed by atoms with van der Waals surface area (Å²) in [5.74, 6) is -2.86. The van der Waals surface area contributed by atoms with Gasteiger partial charge in [0.15, 0.2) is 0 Å². The predicted octanol–water partition coefficient (Wildman–Crippen LogP) is 3.52. The Morgan fingerprint density at radius 1 is 1.17 bits per heavy atom. The van der Waals surface area contributed by atoms with Gasteiger partial charge in [-0.1, -0.05) is 0 Å². The summed E-state index contributed by atoms with van der Waals surface area (Å²) >= 11 is 0. The van der Waals surface area contributed by atoms with Crippen LogP contribution >= 0.6 is 0 Å². The Morgan fingerprint density at radius 3 is 2.29 bits per heavy atom. The third-order valence-electron chi connectivity index (χ3n) is 4.27. The highest BCUT2D eigenvalue weighted by Crippen LogP contribution is 2.37. The van der Waals surface area contributed by atoms with Gasteiger partial charge in [0, 0.05) is 13.1 Å². The van der Waals surface area contributed by atoms with E-state index in [1.165, 1.54) is 7.05 Å². The Hall–Kier alpha value is -2.03. The number of anilines is 2. The largest absolute Gasteiger partial charge is 0.391 e. The van der Waals surface area contributed by atoms with E-state index in [-0.39, 0.29) is 42.6 Å². The standard InChI is InChI=1S/C15H19F4N3O2/c1-20-12-7-11(16)10(6-13(12)22-24)14(23)21-9-4-2-8(3-5-9)15(17,18)19/h6-9,20,22,24H,2-5H2,1H3,(H,21,23). The second-order valence-corrected chi connectivity index (χ2v) is 5.80. The number of nitrogens with one attached hydrogen (secondary N) is 3. The third-order valence-corrected chi connectivity index (χ3v) is 4.27. The number of amides is 1. The predicted molar refractivity (Wildman–Crippen MR) is 80.6 cm³/mol. The molecule has 1 aromatic rings. The number of alkyl halides is 3. The lowest BCUT2D eigenvalue weighted by molar-refractivity contribution is -0.182. The molecule has 0 unspecified atom stereocenters. The van der Waals surface area contributed by atoms with E-state index in [2.05, 4.69) is 10.6 Å². The zero-order valence-electron chi connectivity index (χ0n) is 13.0. The fraction of sp³-hybridized carbons (Fsp3) is 0.533. The van der Waals surface area contributed by atoms with Gasteiger partial charge in [-0.15, -0.1) is 0 Å². The summed E-state index contributed by atoms with van der Waals surface area (Å²) in [4.78, 5) is 12.2. The second-order valence-electron chi connectivity index (χ2n) is 5.80. The average Bonchev–Trinajstić information content (AvgIpc) is 2.54. The Morgan fingerprint density at radius 2 is 1.79 bits per heavy atom. The molecule has 1 saturated carbocycles. The van der Waals surface area contributed by atoms with Gasteiger partial charge in [-0.05, 0) is 37.8 Å². The first-order valence-electron chi connectivity index (χ1n) is 7.55. The molecule has 0 aromatic heterocycles. The second kappa shape index (κ2) is 7.25. The fourth-order valence-electron chi connectivity index (χ4n) is 2.87. The van der Waals surface area contributed by atoms with Crippen molar-refractivity contribution in [3.05, 3.63) is 23.5 Å². The maximum atomic E-state index is 14.0. The van der Waals surface area contributed by atoms with Crippen molar-refractivity contribution in [3.63, 3.8) is 0 Å². The molecule has 0 bridgehead atoms. The molecule has 0 heterocycles. The maximum absolute atomic E-state index is 14.0. The number of hydrogen-bond acceptors (Lipinski definition) is 4. The van der Waals surface area contributed by atoms with Crippen molar-refractivity contribution in [1.29, 1.82) is 0 Å². The highest BCUT2D eigenvalue weighted by Gasteiger charge is 2.41. The Kier molecular flexibility index (Phi) is 5.53. The number of carbonyl (C=O) groups excluding carboxylic acids is 1. The Balaban J connectivity index is 2.03. The Bertz CT molecular complexity index is 599. The van der Waals surface area contributed by atoms with Gasteiger partial charge in [0.2, 0.25) is 0 Å². The van der Waals surface area contributed by atoms with Crippen LogP contribution in [0.15, 0.2) is 12.1 Å². The quantitative estimate of drug-likeness (QED) is 0.496. The molecule has 0 radical (unpaired) electrons. The normalized spacial score (nSPS) is 21.2. The molecular formula is C15H19F4N3O2. The van der Waals surface area contributed by atoms with E-state index >= 15 is 0 Å². The van der Waals surface area contributed by atoms with Crippen molar-refractivity contribution in [3.8, 4) is 0 Å². The summed E-state index contributed by atoms with van der Waals surface area (Å²) in [7, 11) is 1.52. The maximum Gasteiger partial charge on any atom is 0.391 e. The number of hydrogen-bond donors (Lipinski definition) is 4. The van der Waals surface area contributed by atoms with Gasteiger partial charge in [0.1, 0.15) is 5.82 Å². The van der Waals surface area contributed by atoms with Crippen LogP contribution in [0.4, 0.5) is 28.9 Å². The summed E-state index contributed by atoms with van der Waals surface area (Å²) < 4.78 is 51.9. The van der Waals surface area contributed by atoms with E-state index < -0.39 is 29.9 Å². The van der Waals surface area contributed by atoms with Gasteiger partial charge in [0.25, 0.3) is 5.91 Å². The zero-order chi connectivity index (χ0) is 17.9. The van der Waals surface area contributed by atoms with Gasteiger partial charge in [-0.25, -0.2) is 4.39 Å². The molecule has 24 heavy (non-hydrogen) atoms. The first-order valence-corrected chi connectivity index (χ1v) is 7.55. The van der Waals surface area contributed by atoms with Gasteiger partial charge in [0.05, 0.1) is 22.9 Å². The van der Waals surface area contributed by atoms with Crippen molar-refractivity contribution in [1.82, 2.24) is 5.32 Å². The van der Waals surface area contributed by atoms with Gasteiger partial charge in [-0.2, -0.15) is 13.2 Å². The third kappa shape index (κ3) is 4.08. The topological polar surface area (TPSA) is 73.4 Å². The molecule has 1 aromatic carbocycles. The lowest BCUT2D eigenvalue weighted by atomic mass is 9.85. The lowest BCUT2D eigenvalue weighted by Crippen LogP contribution is -2.40. The summed E-state index contributed by atoms with van der Waals surface area (Å²) in [6.07, 6.45) is -3.95. The van der Waals surface area contributed by atoms with Crippen LogP contribution in [-0.4, -0.2) is 30.4 Å². The SMILES string of the molecule is CNc1cc(F)c(C(=O)NC2CCC(C(F)(F)F)CC2)cc1NO. The van der Waals surface area contributed by atoms with Crippen LogP contribution in [0.1, 0.15) is 36.0 Å². The first kappa shape index (κ1) is 18.3. The molecule has 1 aliphatic rings. The van der Waals surface area contributed by atoms with Crippen molar-refractivity contribution in [2.24, 2.45) is 5.92 Å². The molecule has 5 nitrogen and oxygen atoms in total. The minimum Gasteiger partial charge on any atom is -0.386 e. The summed E-state index contributed by atoms with van der Waals surface area (Å²) in [5.41, 5.74) is 1.95. The zero-order valence-corrected chi connectivity index (χ0v) is 13.0. The fourth-order valence-corrected chi connectivity index (χ4v) is 2.87. The minimum atomic E-state index is -4.22. The highest BCUT2D eigenvalue weighted by molar-refractivity contribution is 5.96. The van der Waals surface area contributed by atoms with Crippen LogP contribution in [0.5, 0.6) is 0 Å². The van der Waals surface area contributed by atoms with Crippen molar-refractivity contribution < 1.29 is 27.6 Å². The summed E-state index contributed by atoms with van der Waals surface area (Å²) in [5, 5.41) is 14.2. The van der Waals surface area contributed by atoms with E-state index in [4.69, 9.17) is 5.21 Å². The average molecular weight is 349 g/mol. The van der Waals surface area contributed by atoms with Crippen LogP contribution in [0, 0.1) is 11.7 Å². The first-order chi connectivity index (χ1) is 11.3.